The van der Waals surface area contributed by atoms with Crippen LogP contribution >= 0.6 is 0 Å². The number of carbonyl (C=O) groups excluding carboxylic acids is 1. The van der Waals surface area contributed by atoms with Crippen LogP contribution in [0.15, 0.2) is 0 Å². The van der Waals surface area contributed by atoms with Gasteiger partial charge < -0.3 is 15.0 Å². The van der Waals surface area contributed by atoms with Gasteiger partial charge in [-0.3, -0.25) is 0 Å². The highest BCUT2D eigenvalue weighted by atomic mass is 16.5. The summed E-state index contributed by atoms with van der Waals surface area (Å²) in [6.07, 6.45) is 2.45. The second-order valence-corrected chi connectivity index (χ2v) is 4.65. The molecule has 0 bridgehead atoms. The minimum atomic E-state index is 0.0538. The van der Waals surface area contributed by atoms with Crippen molar-refractivity contribution in [3.8, 4) is 0 Å². The van der Waals surface area contributed by atoms with Crippen molar-refractivity contribution < 1.29 is 9.53 Å². The minimum absolute atomic E-state index is 0.0538. The Kier molecular flexibility index (Phi) is 5.60. The van der Waals surface area contributed by atoms with Crippen LogP contribution in [-0.4, -0.2) is 43.3 Å². The van der Waals surface area contributed by atoms with Crippen LogP contribution in [0.2, 0.25) is 0 Å². The third-order valence-corrected chi connectivity index (χ3v) is 2.94. The summed E-state index contributed by atoms with van der Waals surface area (Å²) in [6.45, 7) is 9.19. The van der Waals surface area contributed by atoms with Gasteiger partial charge in [0, 0.05) is 26.2 Å². The minimum Gasteiger partial charge on any atom is -0.377 e. The van der Waals surface area contributed by atoms with E-state index in [0.29, 0.717) is 19.1 Å². The lowest BCUT2D eigenvalue weighted by atomic mass is 10.0. The quantitative estimate of drug-likeness (QED) is 0.798. The molecule has 1 saturated heterocycles. The van der Waals surface area contributed by atoms with Gasteiger partial charge in [0.25, 0.3) is 0 Å². The van der Waals surface area contributed by atoms with Gasteiger partial charge in [0.2, 0.25) is 0 Å². The van der Waals surface area contributed by atoms with Crippen LogP contribution in [-0.2, 0) is 4.74 Å². The fourth-order valence-corrected chi connectivity index (χ4v) is 2.06. The molecule has 0 saturated carbocycles. The van der Waals surface area contributed by atoms with Crippen molar-refractivity contribution >= 4 is 6.03 Å². The first-order valence-corrected chi connectivity index (χ1v) is 6.27. The van der Waals surface area contributed by atoms with Crippen LogP contribution in [0.1, 0.15) is 33.6 Å². The number of urea groups is 1. The molecule has 2 atom stereocenters. The van der Waals surface area contributed by atoms with Gasteiger partial charge in [-0.05, 0) is 32.6 Å². The Morgan fingerprint density at radius 1 is 1.62 bits per heavy atom. The van der Waals surface area contributed by atoms with Crippen molar-refractivity contribution in [3.63, 3.8) is 0 Å². The van der Waals surface area contributed by atoms with E-state index in [1.807, 2.05) is 18.7 Å². The summed E-state index contributed by atoms with van der Waals surface area (Å²) in [4.78, 5) is 13.7. The predicted molar refractivity (Wildman–Crippen MR) is 64.5 cm³/mol. The van der Waals surface area contributed by atoms with Crippen LogP contribution in [0.4, 0.5) is 4.79 Å². The largest absolute Gasteiger partial charge is 0.377 e. The number of likely N-dealkylation sites (tertiary alicyclic amines) is 1. The Labute approximate surface area is 98.3 Å². The molecule has 1 aliphatic rings. The Morgan fingerprint density at radius 3 is 3.00 bits per heavy atom. The Balaban J connectivity index is 2.23. The van der Waals surface area contributed by atoms with E-state index in [1.165, 1.54) is 6.42 Å². The number of carbonyl (C=O) groups is 1. The topological polar surface area (TPSA) is 41.6 Å². The van der Waals surface area contributed by atoms with Gasteiger partial charge in [-0.2, -0.15) is 0 Å². The second-order valence-electron chi connectivity index (χ2n) is 4.65. The third-order valence-electron chi connectivity index (χ3n) is 2.94. The molecule has 4 heteroatoms. The van der Waals surface area contributed by atoms with E-state index in [1.54, 1.807) is 0 Å². The van der Waals surface area contributed by atoms with Crippen molar-refractivity contribution in [2.75, 3.05) is 26.2 Å². The maximum atomic E-state index is 11.8. The van der Waals surface area contributed by atoms with Crippen molar-refractivity contribution in [2.24, 2.45) is 5.92 Å². The average molecular weight is 228 g/mol. The van der Waals surface area contributed by atoms with E-state index in [-0.39, 0.29) is 12.1 Å². The highest BCUT2D eigenvalue weighted by molar-refractivity contribution is 5.74. The standard InChI is InChI=1S/C12H24N2O2/c1-4-16-11(3)8-13-12(15)14-7-5-6-10(2)9-14/h10-11H,4-9H2,1-3H3,(H,13,15). The summed E-state index contributed by atoms with van der Waals surface area (Å²) in [5.74, 6) is 0.629. The Bertz CT molecular complexity index is 221. The van der Waals surface area contributed by atoms with Crippen LogP contribution in [0.25, 0.3) is 0 Å². The van der Waals surface area contributed by atoms with E-state index >= 15 is 0 Å². The van der Waals surface area contributed by atoms with Gasteiger partial charge in [0.05, 0.1) is 6.10 Å². The average Bonchev–Trinajstić information content (AvgIpc) is 2.26. The first kappa shape index (κ1) is 13.3. The molecule has 0 radical (unpaired) electrons. The van der Waals surface area contributed by atoms with Crippen molar-refractivity contribution in [2.45, 2.75) is 39.7 Å². The molecule has 2 unspecified atom stereocenters. The molecule has 94 valence electrons. The van der Waals surface area contributed by atoms with Gasteiger partial charge in [-0.15, -0.1) is 0 Å². The monoisotopic (exact) mass is 228 g/mol. The van der Waals surface area contributed by atoms with Crippen LogP contribution in [0.5, 0.6) is 0 Å². The number of piperidine rings is 1. The van der Waals surface area contributed by atoms with Crippen molar-refractivity contribution in [1.29, 1.82) is 0 Å². The zero-order chi connectivity index (χ0) is 12.0. The molecule has 0 aromatic rings. The van der Waals surface area contributed by atoms with Crippen LogP contribution in [0.3, 0.4) is 0 Å². The van der Waals surface area contributed by atoms with E-state index < -0.39 is 0 Å². The van der Waals surface area contributed by atoms with E-state index in [9.17, 15) is 4.79 Å². The molecule has 16 heavy (non-hydrogen) atoms. The molecule has 1 aliphatic heterocycles. The first-order chi connectivity index (χ1) is 7.63. The fourth-order valence-electron chi connectivity index (χ4n) is 2.06. The normalized spacial score (nSPS) is 22.9. The number of amides is 2. The van der Waals surface area contributed by atoms with Crippen molar-refractivity contribution in [3.05, 3.63) is 0 Å². The Morgan fingerprint density at radius 2 is 2.38 bits per heavy atom. The molecule has 0 aromatic carbocycles. The van der Waals surface area contributed by atoms with Gasteiger partial charge in [0.1, 0.15) is 0 Å². The molecule has 0 aliphatic carbocycles. The van der Waals surface area contributed by atoms with E-state index in [4.69, 9.17) is 4.74 Å². The summed E-state index contributed by atoms with van der Waals surface area (Å²) in [5.41, 5.74) is 0. The molecule has 2 amide bonds. The fraction of sp³-hybridized carbons (Fsp3) is 0.917. The first-order valence-electron chi connectivity index (χ1n) is 6.27. The lowest BCUT2D eigenvalue weighted by molar-refractivity contribution is 0.0753. The molecule has 0 aromatic heterocycles. The maximum absolute atomic E-state index is 11.8. The zero-order valence-electron chi connectivity index (χ0n) is 10.7. The number of nitrogens with one attached hydrogen (secondary N) is 1. The lowest BCUT2D eigenvalue weighted by Crippen LogP contribution is -2.46. The van der Waals surface area contributed by atoms with E-state index in [2.05, 4.69) is 12.2 Å². The van der Waals surface area contributed by atoms with Crippen LogP contribution in [0, 0.1) is 5.92 Å². The maximum Gasteiger partial charge on any atom is 0.317 e. The van der Waals surface area contributed by atoms with Gasteiger partial charge in [0.15, 0.2) is 0 Å². The summed E-state index contributed by atoms with van der Waals surface area (Å²) in [5, 5.41) is 2.92. The molecule has 1 heterocycles. The van der Waals surface area contributed by atoms with Gasteiger partial charge in [-0.25, -0.2) is 4.79 Å². The van der Waals surface area contributed by atoms with E-state index in [0.717, 1.165) is 19.5 Å². The molecule has 1 N–H and O–H groups in total. The number of nitrogens with zero attached hydrogens (tertiary/aromatic N) is 1. The highest BCUT2D eigenvalue weighted by Gasteiger charge is 2.20. The number of ether oxygens (including phenoxy) is 1. The van der Waals surface area contributed by atoms with Gasteiger partial charge in [-0.1, -0.05) is 6.92 Å². The number of hydrogen-bond donors (Lipinski definition) is 1. The van der Waals surface area contributed by atoms with Crippen molar-refractivity contribution in [1.82, 2.24) is 10.2 Å². The smallest absolute Gasteiger partial charge is 0.317 e. The third kappa shape index (κ3) is 4.39. The summed E-state index contributed by atoms with van der Waals surface area (Å²) >= 11 is 0. The number of rotatable bonds is 4. The molecule has 1 fully saturated rings. The molecular formula is C12H24N2O2. The SMILES string of the molecule is CCOC(C)CNC(=O)N1CCCC(C)C1. The highest BCUT2D eigenvalue weighted by Crippen LogP contribution is 2.15. The zero-order valence-corrected chi connectivity index (χ0v) is 10.7. The van der Waals surface area contributed by atoms with Crippen LogP contribution < -0.4 is 5.32 Å². The predicted octanol–water partition coefficient (Wildman–Crippen LogP) is 1.85. The summed E-state index contributed by atoms with van der Waals surface area (Å²) < 4.78 is 5.37. The summed E-state index contributed by atoms with van der Waals surface area (Å²) in [7, 11) is 0. The summed E-state index contributed by atoms with van der Waals surface area (Å²) in [6, 6.07) is 0.0538. The number of hydrogen-bond acceptors (Lipinski definition) is 2. The second kappa shape index (κ2) is 6.74. The molecule has 4 nitrogen and oxygen atoms in total. The lowest BCUT2D eigenvalue weighted by Gasteiger charge is -2.31. The Hall–Kier alpha value is -0.770. The van der Waals surface area contributed by atoms with Gasteiger partial charge >= 0.3 is 6.03 Å². The molecule has 0 spiro atoms. The molecular weight excluding hydrogens is 204 g/mol. The molecule has 1 rings (SSSR count).